The molecule has 1 heterocycles. The Morgan fingerprint density at radius 2 is 2.27 bits per heavy atom. The highest BCUT2D eigenvalue weighted by Gasteiger charge is 2.18. The molecule has 5 nitrogen and oxygen atoms in total. The van der Waals surface area contributed by atoms with E-state index < -0.39 is 0 Å². The number of aromatic nitrogens is 2. The highest BCUT2D eigenvalue weighted by atomic mass is 16.5. The van der Waals surface area contributed by atoms with Crippen LogP contribution in [0.4, 0.5) is 0 Å². The Bertz CT molecular complexity index is 288. The summed E-state index contributed by atoms with van der Waals surface area (Å²) in [7, 11) is 3.52. The summed E-state index contributed by atoms with van der Waals surface area (Å²) in [6.45, 7) is 4.07. The van der Waals surface area contributed by atoms with Gasteiger partial charge in [0.15, 0.2) is 0 Å². The second kappa shape index (κ2) is 5.82. The fourth-order valence-electron chi connectivity index (χ4n) is 1.29. The van der Waals surface area contributed by atoms with Crippen LogP contribution in [-0.2, 0) is 4.74 Å². The first-order valence-electron chi connectivity index (χ1n) is 5.26. The van der Waals surface area contributed by atoms with Crippen LogP contribution in [0.15, 0.2) is 4.52 Å². The van der Waals surface area contributed by atoms with Gasteiger partial charge in [-0.25, -0.2) is 0 Å². The van der Waals surface area contributed by atoms with Crippen molar-refractivity contribution in [1.82, 2.24) is 15.5 Å². The molecule has 0 spiro atoms. The van der Waals surface area contributed by atoms with Gasteiger partial charge in [0.2, 0.25) is 11.7 Å². The maximum absolute atomic E-state index is 5.30. The molecule has 2 unspecified atom stereocenters. The molecule has 0 aromatic carbocycles. The van der Waals surface area contributed by atoms with E-state index in [2.05, 4.69) is 22.4 Å². The molecule has 0 radical (unpaired) electrons. The minimum atomic E-state index is -0.0587. The lowest BCUT2D eigenvalue weighted by Crippen LogP contribution is -2.13. The molecule has 15 heavy (non-hydrogen) atoms. The molecule has 5 heteroatoms. The van der Waals surface area contributed by atoms with E-state index in [1.807, 2.05) is 14.0 Å². The fourth-order valence-corrected chi connectivity index (χ4v) is 1.29. The maximum Gasteiger partial charge on any atom is 0.243 e. The number of hydrogen-bond donors (Lipinski definition) is 1. The Morgan fingerprint density at radius 3 is 2.80 bits per heavy atom. The van der Waals surface area contributed by atoms with Gasteiger partial charge in [-0.1, -0.05) is 18.5 Å². The zero-order valence-corrected chi connectivity index (χ0v) is 9.78. The number of nitrogens with one attached hydrogen (secondary N) is 1. The van der Waals surface area contributed by atoms with Crippen molar-refractivity contribution in [2.75, 3.05) is 14.2 Å². The molecule has 0 amide bonds. The number of methoxy groups -OCH3 is 1. The van der Waals surface area contributed by atoms with Gasteiger partial charge >= 0.3 is 0 Å². The number of rotatable bonds is 6. The standard InChI is InChI=1S/C10H19N3O2/c1-5-6-8(14-4)9-12-10(15-13-9)7(2)11-3/h7-8,11H,5-6H2,1-4H3. The van der Waals surface area contributed by atoms with Crippen molar-refractivity contribution >= 4 is 0 Å². The molecule has 0 fully saturated rings. The monoisotopic (exact) mass is 213 g/mol. The molecule has 1 aromatic heterocycles. The van der Waals surface area contributed by atoms with Crippen molar-refractivity contribution in [2.45, 2.75) is 38.8 Å². The van der Waals surface area contributed by atoms with Crippen molar-refractivity contribution in [1.29, 1.82) is 0 Å². The van der Waals surface area contributed by atoms with Crippen LogP contribution in [0, 0.1) is 0 Å². The predicted molar refractivity (Wildman–Crippen MR) is 56.4 cm³/mol. The van der Waals surface area contributed by atoms with Crippen molar-refractivity contribution in [3.63, 3.8) is 0 Å². The predicted octanol–water partition coefficient (Wildman–Crippen LogP) is 1.84. The quantitative estimate of drug-likeness (QED) is 0.781. The van der Waals surface area contributed by atoms with E-state index in [4.69, 9.17) is 9.26 Å². The third kappa shape index (κ3) is 3.00. The van der Waals surface area contributed by atoms with E-state index in [1.165, 1.54) is 0 Å². The van der Waals surface area contributed by atoms with Gasteiger partial charge in [0.25, 0.3) is 0 Å². The molecule has 0 aliphatic carbocycles. The molecule has 2 atom stereocenters. The summed E-state index contributed by atoms with van der Waals surface area (Å²) >= 11 is 0. The van der Waals surface area contributed by atoms with Gasteiger partial charge in [0.1, 0.15) is 6.10 Å². The summed E-state index contributed by atoms with van der Waals surface area (Å²) in [4.78, 5) is 4.31. The van der Waals surface area contributed by atoms with Gasteiger partial charge in [0.05, 0.1) is 6.04 Å². The number of nitrogens with zero attached hydrogens (tertiary/aromatic N) is 2. The van der Waals surface area contributed by atoms with E-state index in [0.717, 1.165) is 12.8 Å². The molecular formula is C10H19N3O2. The first kappa shape index (κ1) is 12.1. The van der Waals surface area contributed by atoms with Crippen molar-refractivity contribution < 1.29 is 9.26 Å². The molecule has 1 N–H and O–H groups in total. The lowest BCUT2D eigenvalue weighted by molar-refractivity contribution is 0.0854. The smallest absolute Gasteiger partial charge is 0.243 e. The zero-order chi connectivity index (χ0) is 11.3. The van der Waals surface area contributed by atoms with Crippen molar-refractivity contribution in [3.05, 3.63) is 11.7 Å². The minimum absolute atomic E-state index is 0.0587. The summed E-state index contributed by atoms with van der Waals surface area (Å²) < 4.78 is 10.4. The summed E-state index contributed by atoms with van der Waals surface area (Å²) in [5, 5.41) is 6.97. The molecule has 0 bridgehead atoms. The van der Waals surface area contributed by atoms with Crippen LogP contribution in [0.1, 0.15) is 50.6 Å². The normalized spacial score (nSPS) is 15.2. The van der Waals surface area contributed by atoms with Gasteiger partial charge in [-0.2, -0.15) is 4.98 Å². The van der Waals surface area contributed by atoms with E-state index in [-0.39, 0.29) is 12.1 Å². The molecule has 1 aromatic rings. The van der Waals surface area contributed by atoms with E-state index >= 15 is 0 Å². The topological polar surface area (TPSA) is 60.2 Å². The van der Waals surface area contributed by atoms with Gasteiger partial charge in [-0.05, 0) is 20.4 Å². The Balaban J connectivity index is 2.72. The average Bonchev–Trinajstić information content (AvgIpc) is 2.73. The Labute approximate surface area is 90.2 Å². The highest BCUT2D eigenvalue weighted by Crippen LogP contribution is 2.20. The summed E-state index contributed by atoms with van der Waals surface area (Å²) in [6.07, 6.45) is 1.88. The SMILES string of the molecule is CCCC(OC)c1noc(C(C)NC)n1. The van der Waals surface area contributed by atoms with Gasteiger partial charge < -0.3 is 14.6 Å². The molecule has 0 saturated carbocycles. The molecule has 86 valence electrons. The van der Waals surface area contributed by atoms with Crippen LogP contribution < -0.4 is 5.32 Å². The summed E-state index contributed by atoms with van der Waals surface area (Å²) in [6, 6.07) is 0.0744. The van der Waals surface area contributed by atoms with E-state index in [1.54, 1.807) is 7.11 Å². The lowest BCUT2D eigenvalue weighted by atomic mass is 10.2. The van der Waals surface area contributed by atoms with Crippen molar-refractivity contribution in [3.8, 4) is 0 Å². The van der Waals surface area contributed by atoms with Crippen LogP contribution in [0.25, 0.3) is 0 Å². The zero-order valence-electron chi connectivity index (χ0n) is 9.78. The molecule has 0 aliphatic rings. The van der Waals surface area contributed by atoms with E-state index in [9.17, 15) is 0 Å². The summed E-state index contributed by atoms with van der Waals surface area (Å²) in [5.41, 5.74) is 0. The van der Waals surface area contributed by atoms with Gasteiger partial charge in [-0.3, -0.25) is 0 Å². The van der Waals surface area contributed by atoms with Gasteiger partial charge in [-0.15, -0.1) is 0 Å². The fraction of sp³-hybridized carbons (Fsp3) is 0.800. The molecule has 1 rings (SSSR count). The third-order valence-corrected chi connectivity index (χ3v) is 2.38. The van der Waals surface area contributed by atoms with Crippen LogP contribution in [-0.4, -0.2) is 24.3 Å². The van der Waals surface area contributed by atoms with Crippen LogP contribution in [0.2, 0.25) is 0 Å². The molecule has 0 saturated heterocycles. The molecule has 0 aliphatic heterocycles. The number of hydrogen-bond acceptors (Lipinski definition) is 5. The van der Waals surface area contributed by atoms with Crippen LogP contribution in [0.5, 0.6) is 0 Å². The Kier molecular flexibility index (Phi) is 4.71. The second-order valence-electron chi connectivity index (χ2n) is 3.51. The Morgan fingerprint density at radius 1 is 1.53 bits per heavy atom. The number of ether oxygens (including phenoxy) is 1. The summed E-state index contributed by atoms with van der Waals surface area (Å²) in [5.74, 6) is 1.24. The van der Waals surface area contributed by atoms with E-state index in [0.29, 0.717) is 11.7 Å². The second-order valence-corrected chi connectivity index (χ2v) is 3.51. The average molecular weight is 213 g/mol. The van der Waals surface area contributed by atoms with Crippen molar-refractivity contribution in [2.24, 2.45) is 0 Å². The maximum atomic E-state index is 5.30. The Hall–Kier alpha value is -0.940. The minimum Gasteiger partial charge on any atom is -0.373 e. The van der Waals surface area contributed by atoms with Gasteiger partial charge in [0, 0.05) is 7.11 Å². The largest absolute Gasteiger partial charge is 0.373 e. The first-order chi connectivity index (χ1) is 7.22. The highest BCUT2D eigenvalue weighted by molar-refractivity contribution is 4.94. The first-order valence-corrected chi connectivity index (χ1v) is 5.26. The lowest BCUT2D eigenvalue weighted by Gasteiger charge is -2.08. The van der Waals surface area contributed by atoms with Crippen LogP contribution in [0.3, 0.4) is 0 Å². The third-order valence-electron chi connectivity index (χ3n) is 2.38. The van der Waals surface area contributed by atoms with Crippen LogP contribution >= 0.6 is 0 Å². The molecular weight excluding hydrogens is 194 g/mol.